The molecule has 1 heterocycles. The summed E-state index contributed by atoms with van der Waals surface area (Å²) in [5.74, 6) is -0.477. The molecular formula is C12H9Br2FN2O. The summed E-state index contributed by atoms with van der Waals surface area (Å²) >= 11 is 6.48. The van der Waals surface area contributed by atoms with Crippen molar-refractivity contribution in [3.05, 3.63) is 61.1 Å². The molecule has 94 valence electrons. The molecule has 0 spiro atoms. The molecule has 0 bridgehead atoms. The van der Waals surface area contributed by atoms with Gasteiger partial charge >= 0.3 is 0 Å². The monoisotopic (exact) mass is 374 g/mol. The van der Waals surface area contributed by atoms with Gasteiger partial charge in [0, 0.05) is 10.7 Å². The third kappa shape index (κ3) is 2.81. The van der Waals surface area contributed by atoms with Crippen LogP contribution in [0.4, 0.5) is 10.1 Å². The van der Waals surface area contributed by atoms with E-state index in [0.29, 0.717) is 10.0 Å². The van der Waals surface area contributed by atoms with Gasteiger partial charge in [0.15, 0.2) is 0 Å². The van der Waals surface area contributed by atoms with E-state index in [-0.39, 0.29) is 17.8 Å². The van der Waals surface area contributed by atoms with Crippen LogP contribution in [0.5, 0.6) is 0 Å². The number of rotatable bonds is 2. The van der Waals surface area contributed by atoms with E-state index < -0.39 is 5.82 Å². The van der Waals surface area contributed by atoms with E-state index in [2.05, 4.69) is 31.9 Å². The fourth-order valence-corrected chi connectivity index (χ4v) is 2.81. The van der Waals surface area contributed by atoms with Crippen molar-refractivity contribution in [3.63, 3.8) is 0 Å². The molecule has 2 aromatic rings. The number of aromatic nitrogens is 1. The third-order valence-corrected chi connectivity index (χ3v) is 3.43. The molecule has 0 saturated heterocycles. The van der Waals surface area contributed by atoms with Crippen LogP contribution in [0.15, 0.2) is 44.2 Å². The van der Waals surface area contributed by atoms with Gasteiger partial charge in [-0.2, -0.15) is 0 Å². The quantitative estimate of drug-likeness (QED) is 0.819. The van der Waals surface area contributed by atoms with Gasteiger partial charge in [-0.15, -0.1) is 0 Å². The van der Waals surface area contributed by atoms with Gasteiger partial charge in [0.25, 0.3) is 5.56 Å². The van der Waals surface area contributed by atoms with Crippen molar-refractivity contribution in [2.45, 2.75) is 6.54 Å². The lowest BCUT2D eigenvalue weighted by atomic mass is 10.2. The Balaban J connectivity index is 2.40. The number of hydrogen-bond acceptors (Lipinski definition) is 2. The Morgan fingerprint density at radius 2 is 2.00 bits per heavy atom. The highest BCUT2D eigenvalue weighted by molar-refractivity contribution is 9.11. The molecule has 0 atom stereocenters. The predicted molar refractivity (Wildman–Crippen MR) is 76.0 cm³/mol. The molecule has 0 aliphatic carbocycles. The average molecular weight is 376 g/mol. The lowest BCUT2D eigenvalue weighted by molar-refractivity contribution is 0.627. The summed E-state index contributed by atoms with van der Waals surface area (Å²) < 4.78 is 16.0. The summed E-state index contributed by atoms with van der Waals surface area (Å²) in [5, 5.41) is 0. The van der Waals surface area contributed by atoms with E-state index in [1.807, 2.05) is 0 Å². The van der Waals surface area contributed by atoms with Crippen molar-refractivity contribution in [1.29, 1.82) is 0 Å². The van der Waals surface area contributed by atoms with Crippen molar-refractivity contribution < 1.29 is 4.39 Å². The van der Waals surface area contributed by atoms with Crippen LogP contribution in [0.2, 0.25) is 0 Å². The van der Waals surface area contributed by atoms with Gasteiger partial charge in [-0.3, -0.25) is 4.79 Å². The third-order valence-electron chi connectivity index (χ3n) is 2.43. The smallest absolute Gasteiger partial charge is 0.265 e. The Labute approximate surface area is 120 Å². The number of pyridine rings is 1. The van der Waals surface area contributed by atoms with Crippen LogP contribution in [0, 0.1) is 5.82 Å². The topological polar surface area (TPSA) is 48.0 Å². The second-order valence-electron chi connectivity index (χ2n) is 3.80. The first-order chi connectivity index (χ1) is 8.47. The fourth-order valence-electron chi connectivity index (χ4n) is 1.55. The minimum absolute atomic E-state index is 0.0986. The molecule has 0 radical (unpaired) electrons. The lowest BCUT2D eigenvalue weighted by Crippen LogP contribution is -2.20. The van der Waals surface area contributed by atoms with E-state index >= 15 is 0 Å². The standard InChI is InChI=1S/C12H9Br2FN2O/c13-8-4-9(14)12(18)17(6-8)5-7-1-2-11(16)10(15)3-7/h1-4,6H,5,16H2. The van der Waals surface area contributed by atoms with Gasteiger partial charge in [0.05, 0.1) is 16.7 Å². The van der Waals surface area contributed by atoms with E-state index in [1.165, 1.54) is 16.7 Å². The minimum atomic E-state index is -0.477. The highest BCUT2D eigenvalue weighted by atomic mass is 79.9. The van der Waals surface area contributed by atoms with Crippen molar-refractivity contribution in [2.75, 3.05) is 5.73 Å². The van der Waals surface area contributed by atoms with Gasteiger partial charge in [0.2, 0.25) is 0 Å². The number of nitrogens with two attached hydrogens (primary N) is 1. The van der Waals surface area contributed by atoms with Gasteiger partial charge in [-0.25, -0.2) is 4.39 Å². The maximum atomic E-state index is 13.3. The molecule has 2 N–H and O–H groups in total. The number of nitrogen functional groups attached to an aromatic ring is 1. The molecule has 1 aromatic heterocycles. The second kappa shape index (κ2) is 5.24. The summed E-state index contributed by atoms with van der Waals surface area (Å²) in [6.07, 6.45) is 1.65. The molecule has 0 aliphatic rings. The van der Waals surface area contributed by atoms with Crippen LogP contribution in [0.25, 0.3) is 0 Å². The average Bonchev–Trinajstić information content (AvgIpc) is 2.30. The number of benzene rings is 1. The maximum absolute atomic E-state index is 13.3. The molecule has 0 saturated carbocycles. The number of anilines is 1. The van der Waals surface area contributed by atoms with Crippen LogP contribution in [0.3, 0.4) is 0 Å². The molecule has 6 heteroatoms. The molecule has 3 nitrogen and oxygen atoms in total. The maximum Gasteiger partial charge on any atom is 0.265 e. The summed E-state index contributed by atoms with van der Waals surface area (Å²) in [7, 11) is 0. The molecule has 0 unspecified atom stereocenters. The van der Waals surface area contributed by atoms with Crippen LogP contribution < -0.4 is 11.3 Å². The van der Waals surface area contributed by atoms with Crippen molar-refractivity contribution in [1.82, 2.24) is 4.57 Å². The van der Waals surface area contributed by atoms with Crippen molar-refractivity contribution in [3.8, 4) is 0 Å². The summed E-state index contributed by atoms with van der Waals surface area (Å²) in [6.45, 7) is 0.286. The van der Waals surface area contributed by atoms with Crippen LogP contribution in [-0.2, 0) is 6.54 Å². The predicted octanol–water partition coefficient (Wildman–Crippen LogP) is 3.14. The number of halogens is 3. The Hall–Kier alpha value is -1.14. The second-order valence-corrected chi connectivity index (χ2v) is 5.57. The zero-order chi connectivity index (χ0) is 13.3. The SMILES string of the molecule is Nc1ccc(Cn2cc(Br)cc(Br)c2=O)cc1F. The van der Waals surface area contributed by atoms with E-state index in [1.54, 1.807) is 18.3 Å². The first kappa shape index (κ1) is 13.3. The molecule has 0 amide bonds. The van der Waals surface area contributed by atoms with Crippen molar-refractivity contribution in [2.24, 2.45) is 0 Å². The Bertz CT molecular complexity index is 655. The Kier molecular flexibility index (Phi) is 3.87. The lowest BCUT2D eigenvalue weighted by Gasteiger charge is -2.08. The summed E-state index contributed by atoms with van der Waals surface area (Å²) in [6, 6.07) is 6.18. The molecule has 0 fully saturated rings. The molecule has 0 aliphatic heterocycles. The van der Waals surface area contributed by atoms with Gasteiger partial charge < -0.3 is 10.3 Å². The van der Waals surface area contributed by atoms with Gasteiger partial charge in [-0.1, -0.05) is 6.07 Å². The fraction of sp³-hybridized carbons (Fsp3) is 0.0833. The largest absolute Gasteiger partial charge is 0.396 e. The summed E-state index contributed by atoms with van der Waals surface area (Å²) in [5.41, 5.74) is 6.00. The molecule has 2 rings (SSSR count). The molecular weight excluding hydrogens is 367 g/mol. The van der Waals surface area contributed by atoms with E-state index in [4.69, 9.17) is 5.73 Å². The first-order valence-corrected chi connectivity index (χ1v) is 6.65. The van der Waals surface area contributed by atoms with Gasteiger partial charge in [-0.05, 0) is 55.6 Å². The number of nitrogens with zero attached hydrogens (tertiary/aromatic N) is 1. The van der Waals surface area contributed by atoms with Crippen LogP contribution in [-0.4, -0.2) is 4.57 Å². The zero-order valence-corrected chi connectivity index (χ0v) is 12.3. The van der Waals surface area contributed by atoms with Crippen LogP contribution in [0.1, 0.15) is 5.56 Å². The van der Waals surface area contributed by atoms with Gasteiger partial charge in [0.1, 0.15) is 5.82 Å². The molecule has 18 heavy (non-hydrogen) atoms. The Morgan fingerprint density at radius 1 is 1.28 bits per heavy atom. The first-order valence-electron chi connectivity index (χ1n) is 5.07. The zero-order valence-electron chi connectivity index (χ0n) is 9.16. The molecule has 1 aromatic carbocycles. The highest BCUT2D eigenvalue weighted by Crippen LogP contribution is 2.16. The number of hydrogen-bond donors (Lipinski definition) is 1. The van der Waals surface area contributed by atoms with Crippen molar-refractivity contribution >= 4 is 37.5 Å². The Morgan fingerprint density at radius 3 is 2.67 bits per heavy atom. The van der Waals surface area contributed by atoms with E-state index in [9.17, 15) is 9.18 Å². The highest BCUT2D eigenvalue weighted by Gasteiger charge is 2.05. The summed E-state index contributed by atoms with van der Waals surface area (Å²) in [4.78, 5) is 11.9. The van der Waals surface area contributed by atoms with Crippen LogP contribution >= 0.6 is 31.9 Å². The normalized spacial score (nSPS) is 10.6. The van der Waals surface area contributed by atoms with E-state index in [0.717, 1.165) is 4.47 Å². The minimum Gasteiger partial charge on any atom is -0.396 e.